The van der Waals surface area contributed by atoms with Crippen LogP contribution >= 0.6 is 0 Å². The highest BCUT2D eigenvalue weighted by molar-refractivity contribution is 5.94. The molecular weight excluding hydrogens is 323 g/mol. The molecule has 0 aliphatic carbocycles. The first-order valence-electron chi connectivity index (χ1n) is 6.84. The molecule has 0 radical (unpaired) electrons. The average Bonchev–Trinajstić information content (AvgIpc) is 2.53. The summed E-state index contributed by atoms with van der Waals surface area (Å²) in [6.45, 7) is 1.65. The number of aromatic nitrogens is 1. The van der Waals surface area contributed by atoms with Crippen LogP contribution in [0.2, 0.25) is 0 Å². The molecule has 1 amide bonds. The molecular formula is C16H12F3N3O2. The van der Waals surface area contributed by atoms with Gasteiger partial charge >= 0.3 is 6.18 Å². The number of hydrogen-bond donors (Lipinski definition) is 2. The number of nitrogens with zero attached hydrogens (tertiary/aromatic N) is 1. The molecule has 0 aliphatic heterocycles. The van der Waals surface area contributed by atoms with Gasteiger partial charge in [0.05, 0.1) is 17.7 Å². The molecule has 2 aromatic rings. The number of rotatable bonds is 3. The fraction of sp³-hybridized carbons (Fsp3) is 0.188. The zero-order valence-electron chi connectivity index (χ0n) is 12.4. The van der Waals surface area contributed by atoms with Crippen molar-refractivity contribution in [2.24, 2.45) is 0 Å². The van der Waals surface area contributed by atoms with E-state index in [4.69, 9.17) is 5.26 Å². The van der Waals surface area contributed by atoms with Crippen molar-refractivity contribution in [3.63, 3.8) is 0 Å². The van der Waals surface area contributed by atoms with E-state index in [0.29, 0.717) is 17.2 Å². The Kier molecular flexibility index (Phi) is 4.74. The van der Waals surface area contributed by atoms with E-state index in [0.717, 1.165) is 6.07 Å². The standard InChI is InChI=1S/C16H12F3N3O2/c1-9(11-4-2-10(8-20)3-5-11)21-14(23)12-6-7-13(16(17,18)19)22-15(12)24/h2-7,9H,1H3,(H,21,23)(H,22,24)/t9-/m0/s1. The number of benzene rings is 1. The third-order valence-electron chi connectivity index (χ3n) is 3.35. The number of aromatic amines is 1. The minimum atomic E-state index is -4.69. The number of carbonyl (C=O) groups excluding carboxylic acids is 1. The average molecular weight is 335 g/mol. The molecule has 2 N–H and O–H groups in total. The van der Waals surface area contributed by atoms with E-state index in [1.54, 1.807) is 36.2 Å². The third kappa shape index (κ3) is 3.81. The largest absolute Gasteiger partial charge is 0.431 e. The van der Waals surface area contributed by atoms with Gasteiger partial charge in [0.1, 0.15) is 11.3 Å². The number of amides is 1. The van der Waals surface area contributed by atoms with Crippen molar-refractivity contribution >= 4 is 5.91 Å². The number of nitriles is 1. The van der Waals surface area contributed by atoms with Gasteiger partial charge in [-0.05, 0) is 36.8 Å². The zero-order valence-corrected chi connectivity index (χ0v) is 12.4. The molecule has 5 nitrogen and oxygen atoms in total. The van der Waals surface area contributed by atoms with Crippen LogP contribution in [0.4, 0.5) is 13.2 Å². The van der Waals surface area contributed by atoms with Gasteiger partial charge in [0.15, 0.2) is 0 Å². The monoisotopic (exact) mass is 335 g/mol. The Balaban J connectivity index is 2.17. The van der Waals surface area contributed by atoms with Crippen molar-refractivity contribution in [2.45, 2.75) is 19.1 Å². The lowest BCUT2D eigenvalue weighted by atomic mass is 10.1. The Morgan fingerprint density at radius 2 is 1.83 bits per heavy atom. The number of halogens is 3. The second kappa shape index (κ2) is 6.58. The number of H-pyrrole nitrogens is 1. The Morgan fingerprint density at radius 3 is 2.33 bits per heavy atom. The molecule has 124 valence electrons. The van der Waals surface area contributed by atoms with Gasteiger partial charge in [0, 0.05) is 0 Å². The van der Waals surface area contributed by atoms with E-state index in [-0.39, 0.29) is 0 Å². The maximum atomic E-state index is 12.5. The third-order valence-corrected chi connectivity index (χ3v) is 3.35. The maximum absolute atomic E-state index is 12.5. The van der Waals surface area contributed by atoms with Crippen LogP contribution in [0, 0.1) is 11.3 Å². The van der Waals surface area contributed by atoms with Crippen LogP contribution < -0.4 is 10.9 Å². The lowest BCUT2D eigenvalue weighted by molar-refractivity contribution is -0.141. The van der Waals surface area contributed by atoms with Gasteiger partial charge < -0.3 is 10.3 Å². The Labute approximate surface area is 134 Å². The maximum Gasteiger partial charge on any atom is 0.431 e. The molecule has 0 saturated heterocycles. The number of hydrogen-bond acceptors (Lipinski definition) is 3. The van der Waals surface area contributed by atoms with E-state index in [1.165, 1.54) is 0 Å². The summed E-state index contributed by atoms with van der Waals surface area (Å²) in [4.78, 5) is 25.4. The van der Waals surface area contributed by atoms with Crippen molar-refractivity contribution in [1.82, 2.24) is 10.3 Å². The van der Waals surface area contributed by atoms with Crippen LogP contribution in [-0.2, 0) is 6.18 Å². The summed E-state index contributed by atoms with van der Waals surface area (Å²) >= 11 is 0. The summed E-state index contributed by atoms with van der Waals surface area (Å²) in [5, 5.41) is 11.3. The SMILES string of the molecule is C[C@H](NC(=O)c1ccc(C(F)(F)F)[nH]c1=O)c1ccc(C#N)cc1. The molecule has 2 rings (SSSR count). The highest BCUT2D eigenvalue weighted by Gasteiger charge is 2.32. The molecule has 0 aliphatic rings. The molecule has 1 heterocycles. The van der Waals surface area contributed by atoms with Gasteiger partial charge in [-0.25, -0.2) is 0 Å². The quantitative estimate of drug-likeness (QED) is 0.904. The second-order valence-corrected chi connectivity index (χ2v) is 5.04. The first-order valence-corrected chi connectivity index (χ1v) is 6.84. The smallest absolute Gasteiger partial charge is 0.345 e. The van der Waals surface area contributed by atoms with Crippen molar-refractivity contribution in [3.8, 4) is 6.07 Å². The van der Waals surface area contributed by atoms with Crippen molar-refractivity contribution in [2.75, 3.05) is 0 Å². The van der Waals surface area contributed by atoms with Gasteiger partial charge in [0.2, 0.25) is 0 Å². The van der Waals surface area contributed by atoms with E-state index >= 15 is 0 Å². The molecule has 1 aromatic carbocycles. The highest BCUT2D eigenvalue weighted by atomic mass is 19.4. The molecule has 24 heavy (non-hydrogen) atoms. The molecule has 0 unspecified atom stereocenters. The molecule has 0 saturated carbocycles. The van der Waals surface area contributed by atoms with Crippen LogP contribution in [0.25, 0.3) is 0 Å². The highest BCUT2D eigenvalue weighted by Crippen LogP contribution is 2.26. The van der Waals surface area contributed by atoms with E-state index in [2.05, 4.69) is 5.32 Å². The van der Waals surface area contributed by atoms with Crippen LogP contribution in [0.3, 0.4) is 0 Å². The van der Waals surface area contributed by atoms with E-state index in [9.17, 15) is 22.8 Å². The second-order valence-electron chi connectivity index (χ2n) is 5.04. The fourth-order valence-corrected chi connectivity index (χ4v) is 2.02. The molecule has 8 heteroatoms. The summed E-state index contributed by atoms with van der Waals surface area (Å²) in [5.41, 5.74) is -1.61. The van der Waals surface area contributed by atoms with Gasteiger partial charge in [-0.3, -0.25) is 9.59 Å². The Morgan fingerprint density at radius 1 is 1.21 bits per heavy atom. The molecule has 1 atom stereocenters. The summed E-state index contributed by atoms with van der Waals surface area (Å²) in [6, 6.07) is 9.37. The molecule has 0 bridgehead atoms. The minimum Gasteiger partial charge on any atom is -0.345 e. The van der Waals surface area contributed by atoms with Crippen LogP contribution in [-0.4, -0.2) is 10.9 Å². The zero-order chi connectivity index (χ0) is 17.9. The normalized spacial score (nSPS) is 12.3. The number of alkyl halides is 3. The van der Waals surface area contributed by atoms with Crippen molar-refractivity contribution < 1.29 is 18.0 Å². The predicted octanol–water partition coefficient (Wildman–Crippen LogP) is 2.76. The van der Waals surface area contributed by atoms with E-state index in [1.807, 2.05) is 6.07 Å². The first-order chi connectivity index (χ1) is 11.2. The molecule has 0 spiro atoms. The molecule has 1 aromatic heterocycles. The van der Waals surface area contributed by atoms with Gasteiger partial charge in [-0.1, -0.05) is 12.1 Å². The van der Waals surface area contributed by atoms with E-state index < -0.39 is 34.9 Å². The lowest BCUT2D eigenvalue weighted by Gasteiger charge is -2.14. The van der Waals surface area contributed by atoms with Gasteiger partial charge in [-0.15, -0.1) is 0 Å². The van der Waals surface area contributed by atoms with Crippen LogP contribution in [0.1, 0.15) is 40.1 Å². The first kappa shape index (κ1) is 17.3. The summed E-state index contributed by atoms with van der Waals surface area (Å²) in [7, 11) is 0. The van der Waals surface area contributed by atoms with Crippen molar-refractivity contribution in [1.29, 1.82) is 5.26 Å². The summed E-state index contributed by atoms with van der Waals surface area (Å²) in [6.07, 6.45) is -4.69. The fourth-order valence-electron chi connectivity index (χ4n) is 2.02. The lowest BCUT2D eigenvalue weighted by Crippen LogP contribution is -2.32. The molecule has 0 fully saturated rings. The Hall–Kier alpha value is -3.08. The number of nitrogens with one attached hydrogen (secondary N) is 2. The van der Waals surface area contributed by atoms with Crippen LogP contribution in [0.15, 0.2) is 41.2 Å². The topological polar surface area (TPSA) is 85.8 Å². The number of carbonyl (C=O) groups is 1. The van der Waals surface area contributed by atoms with Gasteiger partial charge in [-0.2, -0.15) is 18.4 Å². The summed E-state index contributed by atoms with van der Waals surface area (Å²) in [5.74, 6) is -0.790. The Bertz CT molecular complexity index is 849. The van der Waals surface area contributed by atoms with Crippen molar-refractivity contribution in [3.05, 3.63) is 69.1 Å². The predicted molar refractivity (Wildman–Crippen MR) is 79.1 cm³/mol. The number of pyridine rings is 1. The van der Waals surface area contributed by atoms with Crippen LogP contribution in [0.5, 0.6) is 0 Å². The van der Waals surface area contributed by atoms with Gasteiger partial charge in [0.25, 0.3) is 11.5 Å². The minimum absolute atomic E-state index is 0.413. The summed E-state index contributed by atoms with van der Waals surface area (Å²) < 4.78 is 37.5.